The van der Waals surface area contributed by atoms with Gasteiger partial charge in [0.1, 0.15) is 11.6 Å². The summed E-state index contributed by atoms with van der Waals surface area (Å²) in [6.45, 7) is 3.26. The number of pyridine rings is 1. The van der Waals surface area contributed by atoms with E-state index in [-0.39, 0.29) is 6.10 Å². The molecule has 0 bridgehead atoms. The van der Waals surface area contributed by atoms with E-state index in [1.807, 2.05) is 13.0 Å². The quantitative estimate of drug-likeness (QED) is 0.844. The smallest absolute Gasteiger partial charge is 0.214 e. The highest BCUT2D eigenvalue weighted by atomic mass is 32.1. The molecule has 0 radical (unpaired) electrons. The van der Waals surface area contributed by atoms with Crippen molar-refractivity contribution in [3.8, 4) is 5.88 Å². The van der Waals surface area contributed by atoms with Gasteiger partial charge in [0.2, 0.25) is 5.88 Å². The molecule has 1 fully saturated rings. The van der Waals surface area contributed by atoms with Gasteiger partial charge < -0.3 is 15.2 Å². The van der Waals surface area contributed by atoms with E-state index in [1.54, 1.807) is 6.07 Å². The van der Waals surface area contributed by atoms with E-state index in [0.717, 1.165) is 30.7 Å². The third-order valence-corrected chi connectivity index (χ3v) is 3.14. The first-order valence-electron chi connectivity index (χ1n) is 6.18. The molecule has 0 aromatic carbocycles. The number of aromatic nitrogens is 1. The molecule has 0 saturated carbocycles. The minimum atomic E-state index is 0.175. The molecule has 2 rings (SSSR count). The second-order valence-corrected chi connectivity index (χ2v) is 4.94. The third kappa shape index (κ3) is 3.65. The normalized spacial score (nSPS) is 19.5. The lowest BCUT2D eigenvalue weighted by Crippen LogP contribution is -2.26. The summed E-state index contributed by atoms with van der Waals surface area (Å²) in [5.74, 6) is 0.562. The topological polar surface area (TPSA) is 57.4 Å². The summed E-state index contributed by atoms with van der Waals surface area (Å²) in [5, 5.41) is 0. The number of nitrogens with two attached hydrogens (primary N) is 1. The fourth-order valence-electron chi connectivity index (χ4n) is 1.97. The van der Waals surface area contributed by atoms with Gasteiger partial charge in [0.25, 0.3) is 0 Å². The van der Waals surface area contributed by atoms with Gasteiger partial charge in [-0.05, 0) is 32.3 Å². The predicted octanol–water partition coefficient (Wildman–Crippen LogP) is 1.97. The van der Waals surface area contributed by atoms with E-state index in [4.69, 9.17) is 27.4 Å². The van der Waals surface area contributed by atoms with Crippen molar-refractivity contribution in [2.75, 3.05) is 13.2 Å². The highest BCUT2D eigenvalue weighted by molar-refractivity contribution is 7.80. The van der Waals surface area contributed by atoms with E-state index in [0.29, 0.717) is 17.5 Å². The van der Waals surface area contributed by atoms with Crippen LogP contribution in [0.25, 0.3) is 0 Å². The van der Waals surface area contributed by atoms with Crippen LogP contribution in [0.15, 0.2) is 12.1 Å². The van der Waals surface area contributed by atoms with E-state index in [1.165, 1.54) is 6.42 Å². The van der Waals surface area contributed by atoms with Crippen LogP contribution in [-0.4, -0.2) is 29.3 Å². The maximum Gasteiger partial charge on any atom is 0.214 e. The average molecular weight is 266 g/mol. The van der Waals surface area contributed by atoms with Gasteiger partial charge in [-0.2, -0.15) is 0 Å². The Labute approximate surface area is 112 Å². The monoisotopic (exact) mass is 266 g/mol. The summed E-state index contributed by atoms with van der Waals surface area (Å²) in [7, 11) is 0. The molecule has 2 heterocycles. The number of aryl methyl sites for hydroxylation is 1. The Hall–Kier alpha value is -1.20. The molecule has 4 nitrogen and oxygen atoms in total. The van der Waals surface area contributed by atoms with E-state index < -0.39 is 0 Å². The summed E-state index contributed by atoms with van der Waals surface area (Å²) in [5.41, 5.74) is 7.25. The first-order chi connectivity index (χ1) is 8.65. The molecule has 1 unspecified atom stereocenters. The Morgan fingerprint density at radius 1 is 1.56 bits per heavy atom. The highest BCUT2D eigenvalue weighted by Gasteiger charge is 2.15. The van der Waals surface area contributed by atoms with Gasteiger partial charge in [0.15, 0.2) is 0 Å². The lowest BCUT2D eigenvalue weighted by Gasteiger charge is -2.22. The second kappa shape index (κ2) is 6.11. The van der Waals surface area contributed by atoms with Crippen LogP contribution < -0.4 is 10.5 Å². The molecule has 0 spiro atoms. The van der Waals surface area contributed by atoms with E-state index in [9.17, 15) is 0 Å². The number of hydrogen-bond acceptors (Lipinski definition) is 4. The summed E-state index contributed by atoms with van der Waals surface area (Å²) < 4.78 is 11.3. The molecule has 1 atom stereocenters. The van der Waals surface area contributed by atoms with Crippen molar-refractivity contribution < 1.29 is 9.47 Å². The molecule has 0 aliphatic carbocycles. The molecular formula is C13H18N2O2S. The minimum Gasteiger partial charge on any atom is -0.475 e. The summed E-state index contributed by atoms with van der Waals surface area (Å²) >= 11 is 4.96. The molecule has 1 saturated heterocycles. The molecule has 1 aliphatic rings. The van der Waals surface area contributed by atoms with Crippen LogP contribution in [0.3, 0.4) is 0 Å². The Bertz CT molecular complexity index is 431. The zero-order chi connectivity index (χ0) is 13.0. The van der Waals surface area contributed by atoms with Crippen molar-refractivity contribution in [2.45, 2.75) is 32.3 Å². The van der Waals surface area contributed by atoms with Gasteiger partial charge in [-0.1, -0.05) is 12.2 Å². The SMILES string of the molecule is Cc1cc(C(N)=S)cc(OCC2CCCCO2)n1. The maximum absolute atomic E-state index is 5.67. The fourth-order valence-corrected chi connectivity index (χ4v) is 2.09. The first-order valence-corrected chi connectivity index (χ1v) is 6.59. The lowest BCUT2D eigenvalue weighted by atomic mass is 10.1. The number of ether oxygens (including phenoxy) is 2. The minimum absolute atomic E-state index is 0.175. The van der Waals surface area contributed by atoms with Gasteiger partial charge in [0, 0.05) is 23.9 Å². The van der Waals surface area contributed by atoms with Gasteiger partial charge in [-0.15, -0.1) is 0 Å². The second-order valence-electron chi connectivity index (χ2n) is 4.50. The fraction of sp³-hybridized carbons (Fsp3) is 0.538. The van der Waals surface area contributed by atoms with Crippen LogP contribution in [0, 0.1) is 6.92 Å². The van der Waals surface area contributed by atoms with Crippen LogP contribution in [0.5, 0.6) is 5.88 Å². The molecule has 1 aliphatic heterocycles. The van der Waals surface area contributed by atoms with Gasteiger partial charge in [0.05, 0.1) is 6.10 Å². The van der Waals surface area contributed by atoms with E-state index >= 15 is 0 Å². The number of hydrogen-bond donors (Lipinski definition) is 1. The molecule has 5 heteroatoms. The largest absolute Gasteiger partial charge is 0.475 e. The molecule has 1 aromatic heterocycles. The number of thiocarbonyl (C=S) groups is 1. The van der Waals surface area contributed by atoms with Crippen LogP contribution >= 0.6 is 12.2 Å². The zero-order valence-electron chi connectivity index (χ0n) is 10.5. The van der Waals surface area contributed by atoms with E-state index in [2.05, 4.69) is 4.98 Å². The summed E-state index contributed by atoms with van der Waals surface area (Å²) in [4.78, 5) is 4.67. The maximum atomic E-state index is 5.67. The average Bonchev–Trinajstić information content (AvgIpc) is 2.37. The van der Waals surface area contributed by atoms with Gasteiger partial charge in [-0.25, -0.2) is 4.98 Å². The zero-order valence-corrected chi connectivity index (χ0v) is 11.3. The Kier molecular flexibility index (Phi) is 4.49. The standard InChI is InChI=1S/C13H18N2O2S/c1-9-6-10(13(14)18)7-12(15-9)17-8-11-4-2-3-5-16-11/h6-7,11H,2-5,8H2,1H3,(H2,14,18). The van der Waals surface area contributed by atoms with Crippen LogP contribution in [0.4, 0.5) is 0 Å². The van der Waals surface area contributed by atoms with Gasteiger partial charge in [-0.3, -0.25) is 0 Å². The first kappa shape index (κ1) is 13.2. The third-order valence-electron chi connectivity index (χ3n) is 2.91. The van der Waals surface area contributed by atoms with Crippen molar-refractivity contribution >= 4 is 17.2 Å². The summed E-state index contributed by atoms with van der Waals surface area (Å²) in [6.07, 6.45) is 3.57. The lowest BCUT2D eigenvalue weighted by molar-refractivity contribution is -0.0119. The van der Waals surface area contributed by atoms with Crippen LogP contribution in [0.2, 0.25) is 0 Å². The van der Waals surface area contributed by atoms with Crippen molar-refractivity contribution in [3.05, 3.63) is 23.4 Å². The van der Waals surface area contributed by atoms with Gasteiger partial charge >= 0.3 is 0 Å². The molecule has 0 amide bonds. The van der Waals surface area contributed by atoms with Crippen LogP contribution in [0.1, 0.15) is 30.5 Å². The summed E-state index contributed by atoms with van der Waals surface area (Å²) in [6, 6.07) is 3.63. The highest BCUT2D eigenvalue weighted by Crippen LogP contribution is 2.16. The Balaban J connectivity index is 1.97. The number of nitrogens with zero attached hydrogens (tertiary/aromatic N) is 1. The number of rotatable bonds is 4. The molecular weight excluding hydrogens is 248 g/mol. The molecule has 98 valence electrons. The van der Waals surface area contributed by atoms with Crippen molar-refractivity contribution in [1.82, 2.24) is 4.98 Å². The van der Waals surface area contributed by atoms with Crippen molar-refractivity contribution in [1.29, 1.82) is 0 Å². The Morgan fingerprint density at radius 2 is 2.39 bits per heavy atom. The van der Waals surface area contributed by atoms with Crippen molar-refractivity contribution in [3.63, 3.8) is 0 Å². The predicted molar refractivity (Wildman–Crippen MR) is 73.9 cm³/mol. The molecule has 2 N–H and O–H groups in total. The van der Waals surface area contributed by atoms with Crippen molar-refractivity contribution in [2.24, 2.45) is 5.73 Å². The molecule has 1 aromatic rings. The Morgan fingerprint density at radius 3 is 3.06 bits per heavy atom. The van der Waals surface area contributed by atoms with Crippen LogP contribution in [-0.2, 0) is 4.74 Å². The molecule has 18 heavy (non-hydrogen) atoms.